The van der Waals surface area contributed by atoms with E-state index >= 15 is 0 Å². The molecule has 0 aliphatic carbocycles. The largest absolute Gasteiger partial charge is 0.481 e. The summed E-state index contributed by atoms with van der Waals surface area (Å²) in [6.45, 7) is 0.472. The number of carbonyl (C=O) groups excluding carboxylic acids is 1. The summed E-state index contributed by atoms with van der Waals surface area (Å²) >= 11 is 6.46. The number of amides is 1. The van der Waals surface area contributed by atoms with Crippen LogP contribution in [-0.4, -0.2) is 43.8 Å². The quantitative estimate of drug-likeness (QED) is 0.407. The van der Waals surface area contributed by atoms with E-state index in [-0.39, 0.29) is 17.9 Å². The number of aliphatic carboxylic acids is 1. The van der Waals surface area contributed by atoms with Gasteiger partial charge in [-0.25, -0.2) is 4.79 Å². The van der Waals surface area contributed by atoms with Crippen LogP contribution < -0.4 is 0 Å². The molecular weight excluding hydrogens is 362 g/mol. The van der Waals surface area contributed by atoms with Crippen molar-refractivity contribution in [3.05, 3.63) is 40.3 Å². The first-order valence-electron chi connectivity index (χ1n) is 7.69. The zero-order valence-corrected chi connectivity index (χ0v) is 14.9. The Hall–Kier alpha value is -2.19. The Morgan fingerprint density at radius 3 is 2.40 bits per heavy atom. The van der Waals surface area contributed by atoms with Gasteiger partial charge in [-0.3, -0.25) is 14.5 Å². The smallest absolute Gasteiger partial charge is 0.335 e. The number of rotatable bonds is 8. The van der Waals surface area contributed by atoms with Crippen molar-refractivity contribution < 1.29 is 24.6 Å². The van der Waals surface area contributed by atoms with E-state index in [0.29, 0.717) is 28.6 Å². The Balaban J connectivity index is 1.95. The van der Waals surface area contributed by atoms with E-state index in [2.05, 4.69) is 0 Å². The Bertz CT molecular complexity index is 727. The lowest BCUT2D eigenvalue weighted by molar-refractivity contribution is -0.137. The molecule has 1 fully saturated rings. The highest BCUT2D eigenvalue weighted by atomic mass is 32.2. The molecule has 1 aromatic carbocycles. The lowest BCUT2D eigenvalue weighted by atomic mass is 10.1. The predicted molar refractivity (Wildman–Crippen MR) is 99.4 cm³/mol. The zero-order chi connectivity index (χ0) is 18.4. The number of unbranched alkanes of at least 4 members (excludes halogenated alkanes) is 2. The first-order chi connectivity index (χ1) is 11.9. The molecule has 1 heterocycles. The summed E-state index contributed by atoms with van der Waals surface area (Å²) in [6, 6.07) is 6.25. The second-order valence-corrected chi connectivity index (χ2v) is 7.14. The molecule has 1 amide bonds. The average Bonchev–Trinajstić information content (AvgIpc) is 2.82. The summed E-state index contributed by atoms with van der Waals surface area (Å²) in [4.78, 5) is 35.8. The van der Waals surface area contributed by atoms with E-state index < -0.39 is 11.9 Å². The van der Waals surface area contributed by atoms with Crippen LogP contribution in [0.2, 0.25) is 0 Å². The van der Waals surface area contributed by atoms with Gasteiger partial charge >= 0.3 is 11.9 Å². The van der Waals surface area contributed by atoms with Gasteiger partial charge in [0, 0.05) is 13.0 Å². The highest BCUT2D eigenvalue weighted by Gasteiger charge is 2.31. The van der Waals surface area contributed by atoms with Crippen molar-refractivity contribution in [2.75, 3.05) is 6.54 Å². The van der Waals surface area contributed by atoms with Crippen LogP contribution in [0.1, 0.15) is 41.6 Å². The monoisotopic (exact) mass is 379 g/mol. The molecule has 0 bridgehead atoms. The van der Waals surface area contributed by atoms with Gasteiger partial charge in [0.15, 0.2) is 0 Å². The summed E-state index contributed by atoms with van der Waals surface area (Å²) < 4.78 is 0.483. The minimum Gasteiger partial charge on any atom is -0.481 e. The summed E-state index contributed by atoms with van der Waals surface area (Å²) in [5, 5.41) is 17.5. The van der Waals surface area contributed by atoms with E-state index in [0.717, 1.165) is 12.0 Å². The number of thiocarbonyl (C=S) groups is 1. The van der Waals surface area contributed by atoms with Crippen LogP contribution >= 0.6 is 24.0 Å². The van der Waals surface area contributed by atoms with Crippen molar-refractivity contribution >= 4 is 52.2 Å². The van der Waals surface area contributed by atoms with Gasteiger partial charge < -0.3 is 10.2 Å². The van der Waals surface area contributed by atoms with E-state index in [1.54, 1.807) is 18.2 Å². The molecule has 1 aliphatic heterocycles. The first kappa shape index (κ1) is 19.1. The Labute approximate surface area is 154 Å². The van der Waals surface area contributed by atoms with Crippen molar-refractivity contribution in [2.45, 2.75) is 25.7 Å². The second-order valence-electron chi connectivity index (χ2n) is 5.46. The van der Waals surface area contributed by atoms with Crippen molar-refractivity contribution in [1.29, 1.82) is 0 Å². The molecule has 0 saturated carbocycles. The molecule has 25 heavy (non-hydrogen) atoms. The molecule has 8 heteroatoms. The van der Waals surface area contributed by atoms with Crippen molar-refractivity contribution in [3.63, 3.8) is 0 Å². The number of carbonyl (C=O) groups is 3. The molecule has 2 rings (SSSR count). The lowest BCUT2D eigenvalue weighted by Crippen LogP contribution is -2.29. The van der Waals surface area contributed by atoms with E-state index in [1.807, 2.05) is 0 Å². The molecule has 0 spiro atoms. The van der Waals surface area contributed by atoms with E-state index in [4.69, 9.17) is 22.4 Å². The number of benzene rings is 1. The molecule has 132 valence electrons. The third kappa shape index (κ3) is 5.40. The molecule has 1 saturated heterocycles. The van der Waals surface area contributed by atoms with E-state index in [1.165, 1.54) is 28.8 Å². The number of aromatic carboxylic acids is 1. The fourth-order valence-corrected chi connectivity index (χ4v) is 3.60. The van der Waals surface area contributed by atoms with Crippen LogP contribution in [0.3, 0.4) is 0 Å². The predicted octanol–water partition coefficient (Wildman–Crippen LogP) is 3.23. The van der Waals surface area contributed by atoms with Gasteiger partial charge in [-0.1, -0.05) is 42.5 Å². The molecule has 6 nitrogen and oxygen atoms in total. The topological polar surface area (TPSA) is 94.9 Å². The minimum absolute atomic E-state index is 0.130. The van der Waals surface area contributed by atoms with Gasteiger partial charge in [0.2, 0.25) is 0 Å². The Morgan fingerprint density at radius 1 is 1.12 bits per heavy atom. The fraction of sp³-hybridized carbons (Fsp3) is 0.294. The Kier molecular flexibility index (Phi) is 6.72. The summed E-state index contributed by atoms with van der Waals surface area (Å²) in [7, 11) is 0. The third-order valence-corrected chi connectivity index (χ3v) is 4.98. The van der Waals surface area contributed by atoms with Gasteiger partial charge in [-0.05, 0) is 36.6 Å². The van der Waals surface area contributed by atoms with Gasteiger partial charge in [0.25, 0.3) is 5.91 Å². The zero-order valence-electron chi connectivity index (χ0n) is 13.3. The van der Waals surface area contributed by atoms with Crippen LogP contribution in [-0.2, 0) is 9.59 Å². The number of hydrogen-bond acceptors (Lipinski definition) is 5. The van der Waals surface area contributed by atoms with Gasteiger partial charge in [0.05, 0.1) is 10.5 Å². The normalized spacial score (nSPS) is 15.8. The van der Waals surface area contributed by atoms with Crippen LogP contribution in [0.5, 0.6) is 0 Å². The highest BCUT2D eigenvalue weighted by Crippen LogP contribution is 2.32. The SMILES string of the molecule is O=C(O)CCCCCN1C(=O)/C(=C\c2ccc(C(=O)O)cc2)SC1=S. The number of hydrogen-bond donors (Lipinski definition) is 2. The van der Waals surface area contributed by atoms with Crippen LogP contribution in [0.25, 0.3) is 6.08 Å². The van der Waals surface area contributed by atoms with Gasteiger partial charge in [-0.15, -0.1) is 0 Å². The van der Waals surface area contributed by atoms with Gasteiger partial charge in [0.1, 0.15) is 4.32 Å². The van der Waals surface area contributed by atoms with Crippen LogP contribution in [0, 0.1) is 0 Å². The third-order valence-electron chi connectivity index (χ3n) is 3.60. The fourth-order valence-electron chi connectivity index (χ4n) is 2.29. The summed E-state index contributed by atoms with van der Waals surface area (Å²) in [6.07, 6.45) is 3.81. The van der Waals surface area contributed by atoms with E-state index in [9.17, 15) is 14.4 Å². The van der Waals surface area contributed by atoms with Crippen molar-refractivity contribution in [2.24, 2.45) is 0 Å². The maximum atomic E-state index is 12.4. The molecule has 0 radical (unpaired) electrons. The number of carboxylic acid groups (broad SMARTS) is 2. The van der Waals surface area contributed by atoms with Crippen molar-refractivity contribution in [1.82, 2.24) is 4.90 Å². The molecular formula is C17H17NO5S2. The first-order valence-corrected chi connectivity index (χ1v) is 8.91. The standard InChI is InChI=1S/C17H17NO5S2/c19-14(20)4-2-1-3-9-18-15(21)13(25-17(18)24)10-11-5-7-12(8-6-11)16(22)23/h5-8,10H,1-4,9H2,(H,19,20)(H,22,23)/b13-10+. The second kappa shape index (κ2) is 8.77. The van der Waals surface area contributed by atoms with Gasteiger partial charge in [-0.2, -0.15) is 0 Å². The van der Waals surface area contributed by atoms with Crippen LogP contribution in [0.15, 0.2) is 29.2 Å². The van der Waals surface area contributed by atoms with Crippen LogP contribution in [0.4, 0.5) is 0 Å². The van der Waals surface area contributed by atoms with Crippen molar-refractivity contribution in [3.8, 4) is 0 Å². The number of carboxylic acids is 2. The molecule has 0 aromatic heterocycles. The lowest BCUT2D eigenvalue weighted by Gasteiger charge is -2.13. The highest BCUT2D eigenvalue weighted by molar-refractivity contribution is 8.26. The molecule has 1 aromatic rings. The molecule has 0 atom stereocenters. The number of nitrogens with zero attached hydrogens (tertiary/aromatic N) is 1. The molecule has 1 aliphatic rings. The molecule has 2 N–H and O–H groups in total. The summed E-state index contributed by atoms with van der Waals surface area (Å²) in [5.41, 5.74) is 0.915. The Morgan fingerprint density at radius 2 is 1.80 bits per heavy atom. The maximum absolute atomic E-state index is 12.4. The average molecular weight is 379 g/mol. The molecule has 0 unspecified atom stereocenters. The minimum atomic E-state index is -0.999. The maximum Gasteiger partial charge on any atom is 0.335 e. The number of thioether (sulfide) groups is 1. The summed E-state index contributed by atoms with van der Waals surface area (Å²) in [5.74, 6) is -1.99.